The van der Waals surface area contributed by atoms with E-state index in [1.807, 2.05) is 19.1 Å². The van der Waals surface area contributed by atoms with E-state index in [9.17, 15) is 14.9 Å². The van der Waals surface area contributed by atoms with Crippen LogP contribution in [0.2, 0.25) is 5.02 Å². The van der Waals surface area contributed by atoms with Gasteiger partial charge in [0.1, 0.15) is 5.69 Å². The Balaban J connectivity index is 2.18. The number of carbonyl (C=O) groups is 1. The first kappa shape index (κ1) is 16.8. The molecule has 2 aromatic carbocycles. The van der Waals surface area contributed by atoms with Gasteiger partial charge in [-0.25, -0.2) is 0 Å². The highest BCUT2D eigenvalue weighted by Crippen LogP contribution is 2.25. The molecule has 2 aromatic rings. The van der Waals surface area contributed by atoms with E-state index in [0.29, 0.717) is 10.7 Å². The second-order valence-corrected chi connectivity index (χ2v) is 5.42. The van der Waals surface area contributed by atoms with Crippen molar-refractivity contribution >= 4 is 28.9 Å². The number of rotatable bonds is 5. The van der Waals surface area contributed by atoms with Gasteiger partial charge in [-0.2, -0.15) is 0 Å². The first-order valence-electron chi connectivity index (χ1n) is 6.95. The summed E-state index contributed by atoms with van der Waals surface area (Å²) in [6, 6.07) is 11.2. The summed E-state index contributed by atoms with van der Waals surface area (Å²) in [4.78, 5) is 22.8. The second kappa shape index (κ2) is 7.11. The molecule has 2 N–H and O–H groups in total. The van der Waals surface area contributed by atoms with Crippen LogP contribution in [0.1, 0.15) is 28.9 Å². The van der Waals surface area contributed by atoms with Crippen molar-refractivity contribution < 1.29 is 9.72 Å². The van der Waals surface area contributed by atoms with Crippen LogP contribution in [0.3, 0.4) is 0 Å². The Morgan fingerprint density at radius 1 is 1.22 bits per heavy atom. The highest BCUT2D eigenvalue weighted by molar-refractivity contribution is 6.30. The molecule has 0 heterocycles. The molecule has 7 heteroatoms. The number of benzene rings is 2. The largest absolute Gasteiger partial charge is 0.383 e. The van der Waals surface area contributed by atoms with Gasteiger partial charge in [0, 0.05) is 23.7 Å². The average Bonchev–Trinajstić information content (AvgIpc) is 2.54. The Morgan fingerprint density at radius 2 is 1.87 bits per heavy atom. The van der Waals surface area contributed by atoms with Gasteiger partial charge in [-0.3, -0.25) is 14.9 Å². The molecular formula is C16H16ClN3O3. The van der Waals surface area contributed by atoms with Crippen LogP contribution in [0.4, 0.5) is 11.4 Å². The third kappa shape index (κ3) is 3.98. The topological polar surface area (TPSA) is 84.3 Å². The fourth-order valence-corrected chi connectivity index (χ4v) is 2.28. The van der Waals surface area contributed by atoms with E-state index >= 15 is 0 Å². The molecule has 6 nitrogen and oxygen atoms in total. The molecule has 2 rings (SSSR count). The van der Waals surface area contributed by atoms with E-state index in [1.165, 1.54) is 12.1 Å². The SMILES string of the molecule is CNc1ccc(C(=O)NC(C)c2ccc(Cl)cc2)cc1[N+](=O)[O-]. The lowest BCUT2D eigenvalue weighted by Crippen LogP contribution is -2.26. The van der Waals surface area contributed by atoms with Crippen LogP contribution >= 0.6 is 11.6 Å². The first-order chi connectivity index (χ1) is 10.9. The molecule has 23 heavy (non-hydrogen) atoms. The van der Waals surface area contributed by atoms with Gasteiger partial charge < -0.3 is 10.6 Å². The molecule has 0 radical (unpaired) electrons. The Labute approximate surface area is 138 Å². The van der Waals surface area contributed by atoms with Gasteiger partial charge in [0.25, 0.3) is 11.6 Å². The molecule has 1 amide bonds. The normalized spacial score (nSPS) is 11.6. The molecule has 0 spiro atoms. The monoisotopic (exact) mass is 333 g/mol. The van der Waals surface area contributed by atoms with E-state index in [1.54, 1.807) is 25.2 Å². The molecule has 1 atom stereocenters. The standard InChI is InChI=1S/C16H16ClN3O3/c1-10(11-3-6-13(17)7-4-11)19-16(21)12-5-8-14(18-2)15(9-12)20(22)23/h3-10,18H,1-2H3,(H,19,21). The zero-order chi connectivity index (χ0) is 17.0. The predicted molar refractivity (Wildman–Crippen MR) is 90.0 cm³/mol. The van der Waals surface area contributed by atoms with Crippen molar-refractivity contribution in [2.75, 3.05) is 12.4 Å². The zero-order valence-electron chi connectivity index (χ0n) is 12.7. The summed E-state index contributed by atoms with van der Waals surface area (Å²) in [6.45, 7) is 1.83. The molecule has 0 aromatic heterocycles. The highest BCUT2D eigenvalue weighted by atomic mass is 35.5. The number of anilines is 1. The van der Waals surface area contributed by atoms with Crippen LogP contribution in [0, 0.1) is 10.1 Å². The van der Waals surface area contributed by atoms with Crippen LogP contribution in [0.15, 0.2) is 42.5 Å². The van der Waals surface area contributed by atoms with Gasteiger partial charge in [0.05, 0.1) is 11.0 Å². The number of hydrogen-bond acceptors (Lipinski definition) is 4. The highest BCUT2D eigenvalue weighted by Gasteiger charge is 2.18. The van der Waals surface area contributed by atoms with Crippen LogP contribution in [0.25, 0.3) is 0 Å². The lowest BCUT2D eigenvalue weighted by atomic mass is 10.1. The molecular weight excluding hydrogens is 318 g/mol. The Hall–Kier alpha value is -2.60. The van der Waals surface area contributed by atoms with Crippen LogP contribution < -0.4 is 10.6 Å². The van der Waals surface area contributed by atoms with Crippen LogP contribution in [0.5, 0.6) is 0 Å². The third-order valence-corrected chi connectivity index (χ3v) is 3.70. The van der Waals surface area contributed by atoms with Crippen molar-refractivity contribution in [3.05, 3.63) is 68.7 Å². The molecule has 0 bridgehead atoms. The fourth-order valence-electron chi connectivity index (χ4n) is 2.15. The van der Waals surface area contributed by atoms with Gasteiger partial charge in [0.15, 0.2) is 0 Å². The minimum atomic E-state index is -0.523. The molecule has 1 unspecified atom stereocenters. The maximum absolute atomic E-state index is 12.3. The predicted octanol–water partition coefficient (Wildman–Crippen LogP) is 3.78. The minimum absolute atomic E-state index is 0.140. The van der Waals surface area contributed by atoms with Crippen molar-refractivity contribution in [3.63, 3.8) is 0 Å². The fraction of sp³-hybridized carbons (Fsp3) is 0.188. The Morgan fingerprint density at radius 3 is 2.43 bits per heavy atom. The van der Waals surface area contributed by atoms with Gasteiger partial charge >= 0.3 is 0 Å². The number of amides is 1. The quantitative estimate of drug-likeness (QED) is 0.644. The number of nitrogens with one attached hydrogen (secondary N) is 2. The van der Waals surface area contributed by atoms with Crippen LogP contribution in [-0.2, 0) is 0 Å². The summed E-state index contributed by atoms with van der Waals surface area (Å²) in [5.41, 5.74) is 1.34. The summed E-state index contributed by atoms with van der Waals surface area (Å²) < 4.78 is 0. The third-order valence-electron chi connectivity index (χ3n) is 3.44. The van der Waals surface area contributed by atoms with E-state index in [0.717, 1.165) is 5.56 Å². The van der Waals surface area contributed by atoms with Crippen LogP contribution in [-0.4, -0.2) is 17.9 Å². The first-order valence-corrected chi connectivity index (χ1v) is 7.32. The van der Waals surface area contributed by atoms with Crippen molar-refractivity contribution in [2.24, 2.45) is 0 Å². The summed E-state index contributed by atoms with van der Waals surface area (Å²) in [5.74, 6) is -0.377. The molecule has 0 aliphatic rings. The number of carbonyl (C=O) groups excluding carboxylic acids is 1. The van der Waals surface area contributed by atoms with Crippen molar-refractivity contribution in [1.29, 1.82) is 0 Å². The lowest BCUT2D eigenvalue weighted by Gasteiger charge is -2.14. The van der Waals surface area contributed by atoms with Crippen molar-refractivity contribution in [1.82, 2.24) is 5.32 Å². The number of nitro groups is 1. The van der Waals surface area contributed by atoms with E-state index in [-0.39, 0.29) is 23.2 Å². The van der Waals surface area contributed by atoms with Crippen molar-refractivity contribution in [2.45, 2.75) is 13.0 Å². The molecule has 0 aliphatic heterocycles. The summed E-state index contributed by atoms with van der Waals surface area (Å²) in [7, 11) is 1.59. The molecule has 0 aliphatic carbocycles. The molecule has 0 fully saturated rings. The summed E-state index contributed by atoms with van der Waals surface area (Å²) >= 11 is 5.84. The maximum Gasteiger partial charge on any atom is 0.293 e. The van der Waals surface area contributed by atoms with Gasteiger partial charge in [0.2, 0.25) is 0 Å². The summed E-state index contributed by atoms with van der Waals surface area (Å²) in [6.07, 6.45) is 0. The number of nitrogens with zero attached hydrogens (tertiary/aromatic N) is 1. The number of hydrogen-bond donors (Lipinski definition) is 2. The number of halogens is 1. The van der Waals surface area contributed by atoms with E-state index in [4.69, 9.17) is 11.6 Å². The molecule has 120 valence electrons. The average molecular weight is 334 g/mol. The zero-order valence-corrected chi connectivity index (χ0v) is 13.4. The second-order valence-electron chi connectivity index (χ2n) is 4.99. The Bertz CT molecular complexity index is 732. The molecule has 0 saturated heterocycles. The Kier molecular flexibility index (Phi) is 5.18. The van der Waals surface area contributed by atoms with Gasteiger partial charge in [-0.1, -0.05) is 23.7 Å². The van der Waals surface area contributed by atoms with E-state index in [2.05, 4.69) is 10.6 Å². The van der Waals surface area contributed by atoms with Gasteiger partial charge in [-0.05, 0) is 36.8 Å². The lowest BCUT2D eigenvalue weighted by molar-refractivity contribution is -0.384. The molecule has 0 saturated carbocycles. The van der Waals surface area contributed by atoms with E-state index < -0.39 is 4.92 Å². The smallest absolute Gasteiger partial charge is 0.293 e. The van der Waals surface area contributed by atoms with Gasteiger partial charge in [-0.15, -0.1) is 0 Å². The summed E-state index contributed by atoms with van der Waals surface area (Å²) in [5, 5.41) is 17.2. The number of nitro benzene ring substituents is 1. The maximum atomic E-state index is 12.3. The minimum Gasteiger partial charge on any atom is -0.383 e. The van der Waals surface area contributed by atoms with Crippen molar-refractivity contribution in [3.8, 4) is 0 Å².